The molecule has 0 radical (unpaired) electrons. The summed E-state index contributed by atoms with van der Waals surface area (Å²) in [6, 6.07) is 19.2. The molecule has 33 heavy (non-hydrogen) atoms. The fourth-order valence-corrected chi connectivity index (χ4v) is 4.27. The lowest BCUT2D eigenvalue weighted by Gasteiger charge is -2.26. The topological polar surface area (TPSA) is 61.9 Å². The van der Waals surface area contributed by atoms with Crippen molar-refractivity contribution in [2.75, 3.05) is 43.1 Å². The molecule has 1 fully saturated rings. The Morgan fingerprint density at radius 3 is 2.27 bits per heavy atom. The maximum Gasteiger partial charge on any atom is 0.326 e. The second-order valence-electron chi connectivity index (χ2n) is 8.16. The Bertz CT molecular complexity index is 1170. The number of hydrogen-bond donors (Lipinski definition) is 1. The van der Waals surface area contributed by atoms with Crippen LogP contribution < -0.4 is 10.2 Å². The number of morpholine rings is 1. The molecule has 0 unspecified atom stereocenters. The van der Waals surface area contributed by atoms with Gasteiger partial charge in [0.05, 0.1) is 13.2 Å². The summed E-state index contributed by atoms with van der Waals surface area (Å²) in [5.74, 6) is -0.313. The van der Waals surface area contributed by atoms with Crippen LogP contribution in [0.3, 0.4) is 0 Å². The summed E-state index contributed by atoms with van der Waals surface area (Å²) in [4.78, 5) is 28.9. The van der Waals surface area contributed by atoms with E-state index in [0.29, 0.717) is 44.1 Å². The van der Waals surface area contributed by atoms with Gasteiger partial charge < -0.3 is 15.0 Å². The zero-order valence-corrected chi connectivity index (χ0v) is 18.1. The number of halogens is 1. The third kappa shape index (κ3) is 4.45. The summed E-state index contributed by atoms with van der Waals surface area (Å²) in [7, 11) is 0. The van der Waals surface area contributed by atoms with E-state index < -0.39 is 0 Å². The largest absolute Gasteiger partial charge is 0.378 e. The molecular formula is C26H24FN3O3. The Labute approximate surface area is 191 Å². The van der Waals surface area contributed by atoms with Gasteiger partial charge in [-0.2, -0.15) is 0 Å². The van der Waals surface area contributed by atoms with Crippen LogP contribution in [0.15, 0.2) is 66.7 Å². The van der Waals surface area contributed by atoms with Crippen LogP contribution in [0.25, 0.3) is 11.1 Å². The van der Waals surface area contributed by atoms with Crippen molar-refractivity contribution in [3.05, 3.63) is 83.7 Å². The zero-order chi connectivity index (χ0) is 22.8. The van der Waals surface area contributed by atoms with Gasteiger partial charge in [0, 0.05) is 36.6 Å². The summed E-state index contributed by atoms with van der Waals surface area (Å²) < 4.78 is 18.4. The Morgan fingerprint density at radius 1 is 0.848 bits per heavy atom. The minimum atomic E-state index is -0.342. The molecule has 2 aliphatic rings. The van der Waals surface area contributed by atoms with E-state index in [0.717, 1.165) is 28.8 Å². The van der Waals surface area contributed by atoms with Crippen LogP contribution in [0.4, 0.5) is 20.6 Å². The molecular weight excluding hydrogens is 421 g/mol. The number of carbonyl (C=O) groups is 2. The third-order valence-corrected chi connectivity index (χ3v) is 6.08. The second kappa shape index (κ2) is 9.03. The Kier molecular flexibility index (Phi) is 5.79. The summed E-state index contributed by atoms with van der Waals surface area (Å²) in [5.41, 5.74) is 5.25. The van der Waals surface area contributed by atoms with Gasteiger partial charge in [0.2, 0.25) is 0 Å². The third-order valence-electron chi connectivity index (χ3n) is 6.08. The molecule has 7 heteroatoms. The van der Waals surface area contributed by atoms with E-state index in [1.54, 1.807) is 17.0 Å². The van der Waals surface area contributed by atoms with Crippen molar-refractivity contribution < 1.29 is 18.7 Å². The Hall–Kier alpha value is -3.71. The van der Waals surface area contributed by atoms with Crippen LogP contribution >= 0.6 is 0 Å². The molecule has 168 valence electrons. The zero-order valence-electron chi connectivity index (χ0n) is 18.1. The maximum atomic E-state index is 13.1. The van der Waals surface area contributed by atoms with Gasteiger partial charge in [-0.05, 0) is 71.6 Å². The van der Waals surface area contributed by atoms with Crippen LogP contribution in [0.5, 0.6) is 0 Å². The van der Waals surface area contributed by atoms with Gasteiger partial charge in [0.1, 0.15) is 5.82 Å². The molecule has 1 saturated heterocycles. The predicted octanol–water partition coefficient (Wildman–Crippen LogP) is 4.56. The lowest BCUT2D eigenvalue weighted by Crippen LogP contribution is -2.40. The van der Waals surface area contributed by atoms with Gasteiger partial charge >= 0.3 is 6.03 Å². The van der Waals surface area contributed by atoms with Crippen LogP contribution in [-0.4, -0.2) is 49.7 Å². The van der Waals surface area contributed by atoms with Crippen molar-refractivity contribution in [3.63, 3.8) is 0 Å². The lowest BCUT2D eigenvalue weighted by molar-refractivity contribution is 0.0303. The number of ether oxygens (including phenoxy) is 1. The molecule has 2 heterocycles. The van der Waals surface area contributed by atoms with E-state index in [2.05, 4.69) is 11.4 Å². The van der Waals surface area contributed by atoms with Gasteiger partial charge in [-0.15, -0.1) is 0 Å². The van der Waals surface area contributed by atoms with E-state index in [-0.39, 0.29) is 17.8 Å². The summed E-state index contributed by atoms with van der Waals surface area (Å²) >= 11 is 0. The van der Waals surface area contributed by atoms with Crippen LogP contribution in [0.2, 0.25) is 0 Å². The molecule has 0 bridgehead atoms. The van der Waals surface area contributed by atoms with E-state index in [1.807, 2.05) is 41.3 Å². The summed E-state index contributed by atoms with van der Waals surface area (Å²) in [5, 5.41) is 2.82. The van der Waals surface area contributed by atoms with Crippen LogP contribution in [0, 0.1) is 5.82 Å². The number of fused-ring (bicyclic) bond motifs is 1. The Morgan fingerprint density at radius 2 is 1.55 bits per heavy atom. The highest BCUT2D eigenvalue weighted by Crippen LogP contribution is 2.33. The monoisotopic (exact) mass is 445 g/mol. The van der Waals surface area contributed by atoms with E-state index in [9.17, 15) is 14.0 Å². The average molecular weight is 445 g/mol. The van der Waals surface area contributed by atoms with Crippen LogP contribution in [-0.2, 0) is 11.2 Å². The lowest BCUT2D eigenvalue weighted by atomic mass is 10.0. The second-order valence-corrected chi connectivity index (χ2v) is 8.16. The van der Waals surface area contributed by atoms with Crippen molar-refractivity contribution in [3.8, 4) is 11.1 Å². The quantitative estimate of drug-likeness (QED) is 0.643. The molecule has 2 aliphatic heterocycles. The van der Waals surface area contributed by atoms with Crippen molar-refractivity contribution >= 4 is 23.3 Å². The first kappa shape index (κ1) is 21.2. The SMILES string of the molecule is O=C(c1ccc(-c2ccc3c(c2)CCN3C(=O)Nc2ccc(F)cc2)cc1)N1CCOCC1. The highest BCUT2D eigenvalue weighted by molar-refractivity contribution is 6.03. The molecule has 3 amide bonds. The van der Waals surface area contributed by atoms with E-state index >= 15 is 0 Å². The first-order chi connectivity index (χ1) is 16.1. The smallest absolute Gasteiger partial charge is 0.326 e. The fraction of sp³-hybridized carbons (Fsp3) is 0.231. The van der Waals surface area contributed by atoms with Gasteiger partial charge in [-0.3, -0.25) is 9.69 Å². The number of anilines is 2. The van der Waals surface area contributed by atoms with Gasteiger partial charge in [0.25, 0.3) is 5.91 Å². The van der Waals surface area contributed by atoms with Crippen molar-refractivity contribution in [2.24, 2.45) is 0 Å². The summed E-state index contributed by atoms with van der Waals surface area (Å²) in [6.45, 7) is 2.99. The van der Waals surface area contributed by atoms with Gasteiger partial charge in [-0.1, -0.05) is 18.2 Å². The first-order valence-corrected chi connectivity index (χ1v) is 11.0. The number of amides is 3. The van der Waals surface area contributed by atoms with Crippen LogP contribution in [0.1, 0.15) is 15.9 Å². The van der Waals surface area contributed by atoms with Gasteiger partial charge in [0.15, 0.2) is 0 Å². The standard InChI is InChI=1S/C26H24FN3O3/c27-22-6-8-23(9-7-22)28-26(32)30-12-11-21-17-20(5-10-24(21)30)18-1-3-19(4-2-18)25(31)29-13-15-33-16-14-29/h1-10,17H,11-16H2,(H,28,32). The molecule has 0 aromatic heterocycles. The van der Waals surface area contributed by atoms with E-state index in [4.69, 9.17) is 4.74 Å². The molecule has 5 rings (SSSR count). The average Bonchev–Trinajstić information content (AvgIpc) is 3.29. The number of rotatable bonds is 3. The van der Waals surface area contributed by atoms with Crippen molar-refractivity contribution in [2.45, 2.75) is 6.42 Å². The highest BCUT2D eigenvalue weighted by Gasteiger charge is 2.25. The minimum absolute atomic E-state index is 0.0293. The number of carbonyl (C=O) groups excluding carboxylic acids is 2. The molecule has 1 N–H and O–H groups in total. The molecule has 0 spiro atoms. The fourth-order valence-electron chi connectivity index (χ4n) is 4.27. The molecule has 0 saturated carbocycles. The molecule has 3 aromatic rings. The molecule has 0 aliphatic carbocycles. The molecule has 3 aromatic carbocycles. The summed E-state index contributed by atoms with van der Waals surface area (Å²) in [6.07, 6.45) is 0.758. The number of hydrogen-bond acceptors (Lipinski definition) is 3. The van der Waals surface area contributed by atoms with E-state index in [1.165, 1.54) is 12.1 Å². The number of nitrogens with one attached hydrogen (secondary N) is 1. The molecule has 6 nitrogen and oxygen atoms in total. The van der Waals surface area contributed by atoms with Crippen molar-refractivity contribution in [1.82, 2.24) is 4.90 Å². The normalized spacial score (nSPS) is 15.3. The predicted molar refractivity (Wildman–Crippen MR) is 125 cm³/mol. The highest BCUT2D eigenvalue weighted by atomic mass is 19.1. The van der Waals surface area contributed by atoms with Crippen molar-refractivity contribution in [1.29, 1.82) is 0 Å². The maximum absolute atomic E-state index is 13.1. The Balaban J connectivity index is 1.29. The first-order valence-electron chi connectivity index (χ1n) is 11.0. The molecule has 0 atom stereocenters. The van der Waals surface area contributed by atoms with Gasteiger partial charge in [-0.25, -0.2) is 9.18 Å². The number of nitrogens with zero attached hydrogens (tertiary/aromatic N) is 2. The number of urea groups is 1. The minimum Gasteiger partial charge on any atom is -0.378 e. The number of benzene rings is 3.